The first kappa shape index (κ1) is 55.3. The number of aliphatic hydroxyl groups excluding tert-OH is 1. The zero-order chi connectivity index (χ0) is 34.1. The Balaban J connectivity index is -0.000000215. The van der Waals surface area contributed by atoms with Crippen molar-refractivity contribution in [3.63, 3.8) is 0 Å². The predicted molar refractivity (Wildman–Crippen MR) is 184 cm³/mol. The van der Waals surface area contributed by atoms with Crippen LogP contribution >= 0.6 is 0 Å². The standard InChI is InChI=1S/C16H32N2O6.C7H16N4O2.C7H8O.2CH3.Y/c1-14(2)15(13-19)18-16(20)3-5-21-7-9-23-11-12-24-10-8-22-6-4-17;1-10-5(6(8)12)3-2-4-11-7(9)13;8-6-7-4-2-1-3-5-7;;;/h13-15H,3-12,17H2,1-2H3,(H,18,20);5,10H,2-4H2,1H3,(H2,8,12)(H3,9,11,13);1-5,8H,6H2;2*1H3;/q;;;2*-1;. The van der Waals surface area contributed by atoms with Gasteiger partial charge in [0.2, 0.25) is 11.8 Å². The maximum atomic E-state index is 11.6. The van der Waals surface area contributed by atoms with Crippen LogP contribution in [0.25, 0.3) is 0 Å². The average Bonchev–Trinajstić information content (AvgIpc) is 3.02. The molecule has 279 valence electrons. The summed E-state index contributed by atoms with van der Waals surface area (Å²) < 4.78 is 21.1. The zero-order valence-corrected chi connectivity index (χ0v) is 32.5. The van der Waals surface area contributed by atoms with Crippen molar-refractivity contribution in [3.05, 3.63) is 50.7 Å². The van der Waals surface area contributed by atoms with Gasteiger partial charge in [-0.3, -0.25) is 9.59 Å². The number of aliphatic hydroxyl groups is 1. The first-order valence-corrected chi connectivity index (χ1v) is 15.0. The fraction of sp³-hybridized carbons (Fsp3) is 0.625. The number of hydrogen-bond donors (Lipinski definition) is 7. The summed E-state index contributed by atoms with van der Waals surface area (Å²) in [4.78, 5) is 43.3. The van der Waals surface area contributed by atoms with Crippen molar-refractivity contribution in [1.82, 2.24) is 16.0 Å². The number of nitrogens with two attached hydrogens (primary N) is 3. The predicted octanol–water partition coefficient (Wildman–Crippen LogP) is 0.326. The second kappa shape index (κ2) is 41.1. The van der Waals surface area contributed by atoms with Crippen molar-refractivity contribution in [2.24, 2.45) is 23.1 Å². The Morgan fingerprint density at radius 1 is 0.875 bits per heavy atom. The van der Waals surface area contributed by atoms with E-state index in [9.17, 15) is 19.2 Å². The molecule has 0 fully saturated rings. The Kier molecular flexibility index (Phi) is 47.4. The number of likely N-dealkylation sites (N-methyl/N-ethyl adjacent to an activating group) is 1. The molecule has 0 aliphatic heterocycles. The van der Waals surface area contributed by atoms with E-state index in [0.29, 0.717) is 78.8 Å². The van der Waals surface area contributed by atoms with Gasteiger partial charge >= 0.3 is 6.03 Å². The molecule has 0 bridgehead atoms. The molecule has 48 heavy (non-hydrogen) atoms. The molecule has 0 aliphatic rings. The summed E-state index contributed by atoms with van der Waals surface area (Å²) in [6, 6.07) is 8.19. The Morgan fingerprint density at radius 3 is 1.75 bits per heavy atom. The topological polar surface area (TPSA) is 240 Å². The molecule has 4 amide bonds. The molecule has 1 aromatic carbocycles. The van der Waals surface area contributed by atoms with Crippen LogP contribution < -0.4 is 33.2 Å². The van der Waals surface area contributed by atoms with Gasteiger partial charge in [0.1, 0.15) is 6.29 Å². The van der Waals surface area contributed by atoms with Crippen LogP contribution in [0.5, 0.6) is 0 Å². The molecule has 16 heteroatoms. The molecular weight excluding hydrogens is 701 g/mol. The summed E-state index contributed by atoms with van der Waals surface area (Å²) in [6.45, 7) is 8.60. The van der Waals surface area contributed by atoms with E-state index in [0.717, 1.165) is 11.8 Å². The summed E-state index contributed by atoms with van der Waals surface area (Å²) >= 11 is 0. The van der Waals surface area contributed by atoms with Crippen LogP contribution in [0.4, 0.5) is 4.79 Å². The number of aldehydes is 1. The van der Waals surface area contributed by atoms with Gasteiger partial charge in [0.15, 0.2) is 0 Å². The van der Waals surface area contributed by atoms with E-state index in [4.69, 9.17) is 41.3 Å². The third-order valence-corrected chi connectivity index (χ3v) is 5.73. The van der Waals surface area contributed by atoms with Gasteiger partial charge in [-0.15, -0.1) is 0 Å². The van der Waals surface area contributed by atoms with Gasteiger partial charge in [0, 0.05) is 52.2 Å². The SMILES string of the molecule is CC(C)C(C=O)NC(=O)CCOCCOCCOCCOCCN.CNC(CCCNC(N)=O)C(N)=O.OCc1ccccc1.[CH3-].[CH3-].[Y]. The summed E-state index contributed by atoms with van der Waals surface area (Å²) in [5.41, 5.74) is 16.2. The third kappa shape index (κ3) is 38.4. The molecule has 10 N–H and O–H groups in total. The molecule has 0 saturated heterocycles. The monoisotopic (exact) mass is 763 g/mol. The number of urea groups is 1. The first-order chi connectivity index (χ1) is 21.6. The molecule has 1 radical (unpaired) electrons. The largest absolute Gasteiger partial charge is 0.392 e. The number of primary amides is 2. The number of benzene rings is 1. The van der Waals surface area contributed by atoms with Crippen LogP contribution in [-0.2, 0) is 72.6 Å². The van der Waals surface area contributed by atoms with Crippen LogP contribution in [-0.4, -0.2) is 114 Å². The zero-order valence-electron chi connectivity index (χ0n) is 29.6. The number of nitrogens with one attached hydrogen (secondary N) is 3. The third-order valence-electron chi connectivity index (χ3n) is 5.73. The minimum atomic E-state index is -0.555. The molecule has 0 heterocycles. The number of ether oxygens (including phenoxy) is 4. The Bertz CT molecular complexity index is 874. The normalized spacial score (nSPS) is 11.0. The van der Waals surface area contributed by atoms with Gasteiger partial charge in [-0.1, -0.05) is 44.2 Å². The van der Waals surface area contributed by atoms with Crippen molar-refractivity contribution in [2.45, 2.75) is 51.8 Å². The van der Waals surface area contributed by atoms with Crippen molar-refractivity contribution in [3.8, 4) is 0 Å². The molecule has 0 spiro atoms. The number of carbonyl (C=O) groups is 4. The average molecular weight is 764 g/mol. The molecule has 1 aromatic rings. The minimum absolute atomic E-state index is 0. The van der Waals surface area contributed by atoms with E-state index in [1.807, 2.05) is 44.2 Å². The van der Waals surface area contributed by atoms with Gasteiger partial charge < -0.3 is 76.9 Å². The van der Waals surface area contributed by atoms with E-state index in [1.165, 1.54) is 0 Å². The van der Waals surface area contributed by atoms with Crippen LogP contribution in [0.15, 0.2) is 30.3 Å². The Labute approximate surface area is 313 Å². The van der Waals surface area contributed by atoms with Crippen molar-refractivity contribution in [2.75, 3.05) is 73.0 Å². The van der Waals surface area contributed by atoms with Crippen molar-refractivity contribution < 1.29 is 75.9 Å². The summed E-state index contributed by atoms with van der Waals surface area (Å²) in [6.07, 6.45) is 2.23. The first-order valence-electron chi connectivity index (χ1n) is 15.0. The van der Waals surface area contributed by atoms with Gasteiger partial charge in [0.05, 0.1) is 71.5 Å². The van der Waals surface area contributed by atoms with E-state index in [-0.39, 0.29) is 84.4 Å². The Morgan fingerprint density at radius 2 is 1.38 bits per heavy atom. The van der Waals surface area contributed by atoms with Crippen LogP contribution in [0.2, 0.25) is 0 Å². The second-order valence-electron chi connectivity index (χ2n) is 9.78. The number of carbonyl (C=O) groups excluding carboxylic acids is 4. The fourth-order valence-electron chi connectivity index (χ4n) is 3.16. The maximum Gasteiger partial charge on any atom is 0.312 e. The quantitative estimate of drug-likeness (QED) is 0.0430. The number of amides is 4. The molecule has 2 unspecified atom stereocenters. The van der Waals surface area contributed by atoms with E-state index in [2.05, 4.69) is 16.0 Å². The van der Waals surface area contributed by atoms with Crippen LogP contribution in [0.3, 0.4) is 0 Å². The van der Waals surface area contributed by atoms with Gasteiger partial charge in [-0.05, 0) is 31.4 Å². The van der Waals surface area contributed by atoms with E-state index in [1.54, 1.807) is 7.05 Å². The second-order valence-corrected chi connectivity index (χ2v) is 9.78. The van der Waals surface area contributed by atoms with Crippen LogP contribution in [0.1, 0.15) is 38.7 Å². The van der Waals surface area contributed by atoms with Crippen molar-refractivity contribution >= 4 is 24.1 Å². The van der Waals surface area contributed by atoms with Gasteiger partial charge in [-0.25, -0.2) is 4.79 Å². The smallest absolute Gasteiger partial charge is 0.312 e. The number of hydrogen-bond acceptors (Lipinski definition) is 11. The minimum Gasteiger partial charge on any atom is -0.392 e. The van der Waals surface area contributed by atoms with Gasteiger partial charge in [0.25, 0.3) is 0 Å². The summed E-state index contributed by atoms with van der Waals surface area (Å²) in [5.74, 6) is -0.497. The molecule has 1 rings (SSSR count). The van der Waals surface area contributed by atoms with E-state index < -0.39 is 12.1 Å². The maximum absolute atomic E-state index is 11.6. The van der Waals surface area contributed by atoms with Crippen LogP contribution in [0, 0.1) is 20.8 Å². The Hall–Kier alpha value is -2.08. The summed E-state index contributed by atoms with van der Waals surface area (Å²) in [7, 11) is 1.66. The van der Waals surface area contributed by atoms with Gasteiger partial charge in [-0.2, -0.15) is 0 Å². The van der Waals surface area contributed by atoms with Crippen molar-refractivity contribution in [1.29, 1.82) is 0 Å². The fourth-order valence-corrected chi connectivity index (χ4v) is 3.16. The molecule has 0 aromatic heterocycles. The molecule has 15 nitrogen and oxygen atoms in total. The molecule has 2 atom stereocenters. The number of rotatable bonds is 24. The summed E-state index contributed by atoms with van der Waals surface area (Å²) in [5, 5.41) is 16.4. The molecule has 0 aliphatic carbocycles. The molecular formula is C32H62N6O9Y-2. The molecule has 0 saturated carbocycles. The van der Waals surface area contributed by atoms with E-state index >= 15 is 0 Å².